The predicted octanol–water partition coefficient (Wildman–Crippen LogP) is 6.46. The maximum atomic E-state index is 13.4. The highest BCUT2D eigenvalue weighted by Crippen LogP contribution is 2.40. The second-order valence-corrected chi connectivity index (χ2v) is 9.61. The van der Waals surface area contributed by atoms with E-state index >= 15 is 0 Å². The minimum absolute atomic E-state index is 0.0861. The Bertz CT molecular complexity index is 1120. The van der Waals surface area contributed by atoms with Crippen LogP contribution in [0.1, 0.15) is 89.8 Å². The molecule has 0 radical (unpaired) electrons. The molecule has 1 heterocycles. The smallest absolute Gasteiger partial charge is 0.273 e. The van der Waals surface area contributed by atoms with Gasteiger partial charge < -0.3 is 14.6 Å². The van der Waals surface area contributed by atoms with Crippen LogP contribution in [0.4, 0.5) is 4.39 Å². The molecule has 1 amide bonds. The predicted molar refractivity (Wildman–Crippen MR) is 127 cm³/mol. The van der Waals surface area contributed by atoms with Crippen LogP contribution in [0.3, 0.4) is 0 Å². The molecule has 0 aliphatic heterocycles. The van der Waals surface area contributed by atoms with E-state index in [1.54, 1.807) is 12.1 Å². The van der Waals surface area contributed by atoms with Crippen LogP contribution in [0.15, 0.2) is 59.1 Å². The van der Waals surface area contributed by atoms with Crippen molar-refractivity contribution in [2.24, 2.45) is 5.92 Å². The number of carbonyl (C=O) groups excluding carboxylic acids is 1. The first-order chi connectivity index (χ1) is 16.7. The Morgan fingerprint density at radius 1 is 1.00 bits per heavy atom. The highest BCUT2D eigenvalue weighted by Gasteiger charge is 2.31. The Labute approximate surface area is 199 Å². The largest absolute Gasteiger partial charge is 0.372 e. The molecule has 1 atom stereocenters. The van der Waals surface area contributed by atoms with E-state index in [0.717, 1.165) is 48.1 Å². The van der Waals surface area contributed by atoms with Gasteiger partial charge in [-0.15, -0.1) is 0 Å². The zero-order valence-electron chi connectivity index (χ0n) is 19.3. The summed E-state index contributed by atoms with van der Waals surface area (Å²) in [6.45, 7) is 0.768. The molecule has 3 aromatic rings. The number of amides is 1. The van der Waals surface area contributed by atoms with E-state index in [2.05, 4.69) is 22.6 Å². The Morgan fingerprint density at radius 2 is 1.74 bits per heavy atom. The molecule has 5 nitrogen and oxygen atoms in total. The molecule has 0 bridgehead atoms. The molecule has 2 aliphatic carbocycles. The number of nitrogens with one attached hydrogen (secondary N) is 1. The minimum Gasteiger partial charge on any atom is -0.372 e. The van der Waals surface area contributed by atoms with Gasteiger partial charge in [-0.25, -0.2) is 4.39 Å². The number of nitrogens with zero attached hydrogens (tertiary/aromatic N) is 1. The normalized spacial score (nSPS) is 17.4. The number of halogens is 1. The first kappa shape index (κ1) is 22.8. The maximum Gasteiger partial charge on any atom is 0.273 e. The van der Waals surface area contributed by atoms with Gasteiger partial charge in [0.05, 0.1) is 19.3 Å². The van der Waals surface area contributed by atoms with Crippen LogP contribution in [0.2, 0.25) is 0 Å². The fraction of sp³-hybridized carbons (Fsp3) is 0.429. The highest BCUT2D eigenvalue weighted by atomic mass is 19.1. The van der Waals surface area contributed by atoms with Gasteiger partial charge in [0.15, 0.2) is 5.69 Å². The summed E-state index contributed by atoms with van der Waals surface area (Å²) in [6, 6.07) is 16.4. The first-order valence-corrected chi connectivity index (χ1v) is 12.3. The molecule has 5 rings (SSSR count). The molecule has 6 heteroatoms. The van der Waals surface area contributed by atoms with Crippen molar-refractivity contribution in [3.05, 3.63) is 88.6 Å². The summed E-state index contributed by atoms with van der Waals surface area (Å²) >= 11 is 0. The van der Waals surface area contributed by atoms with Gasteiger partial charge in [0, 0.05) is 12.0 Å². The van der Waals surface area contributed by atoms with Gasteiger partial charge in [-0.2, -0.15) is 0 Å². The Hall–Kier alpha value is -2.99. The highest BCUT2D eigenvalue weighted by molar-refractivity contribution is 5.92. The molecule has 2 aromatic carbocycles. The van der Waals surface area contributed by atoms with E-state index < -0.39 is 0 Å². The van der Waals surface area contributed by atoms with Gasteiger partial charge in [-0.3, -0.25) is 4.79 Å². The lowest BCUT2D eigenvalue weighted by molar-refractivity contribution is 0.0902. The van der Waals surface area contributed by atoms with Crippen LogP contribution in [-0.4, -0.2) is 11.1 Å². The van der Waals surface area contributed by atoms with Crippen molar-refractivity contribution >= 4 is 5.91 Å². The van der Waals surface area contributed by atoms with Crippen molar-refractivity contribution in [3.8, 4) is 0 Å². The number of ether oxygens (including phenoxy) is 1. The number of benzene rings is 2. The van der Waals surface area contributed by atoms with Crippen LogP contribution in [-0.2, 0) is 18.0 Å². The molecule has 2 aliphatic rings. The molecule has 0 saturated heterocycles. The third-order valence-electron chi connectivity index (χ3n) is 6.89. The molecule has 178 valence electrons. The van der Waals surface area contributed by atoms with Crippen molar-refractivity contribution in [2.45, 2.75) is 70.1 Å². The summed E-state index contributed by atoms with van der Waals surface area (Å²) in [4.78, 5) is 13.1. The average molecular weight is 463 g/mol. The van der Waals surface area contributed by atoms with E-state index in [9.17, 15) is 9.18 Å². The van der Waals surface area contributed by atoms with Gasteiger partial charge in [0.25, 0.3) is 5.91 Å². The molecule has 1 unspecified atom stereocenters. The number of carbonyl (C=O) groups is 1. The molecule has 1 aromatic heterocycles. The third kappa shape index (κ3) is 5.73. The molecule has 0 spiro atoms. The Balaban J connectivity index is 1.28. The SMILES string of the molecule is O=C(NC(c1cccc(COCc2cccc(F)c2)c1)C1CCCCC1)c1cc(C2CC2)on1. The Morgan fingerprint density at radius 3 is 2.47 bits per heavy atom. The molecular weight excluding hydrogens is 431 g/mol. The van der Waals surface area contributed by atoms with Crippen molar-refractivity contribution < 1.29 is 18.4 Å². The van der Waals surface area contributed by atoms with Crippen molar-refractivity contribution in [3.63, 3.8) is 0 Å². The average Bonchev–Trinajstić information content (AvgIpc) is 3.59. The number of aromatic nitrogens is 1. The topological polar surface area (TPSA) is 64.4 Å². The molecular formula is C28H31FN2O3. The van der Waals surface area contributed by atoms with E-state index in [1.165, 1.54) is 31.4 Å². The fourth-order valence-electron chi connectivity index (χ4n) is 4.90. The lowest BCUT2D eigenvalue weighted by Crippen LogP contribution is -2.34. The van der Waals surface area contributed by atoms with Gasteiger partial charge in [-0.1, -0.05) is 60.8 Å². The van der Waals surface area contributed by atoms with E-state index in [0.29, 0.717) is 30.7 Å². The standard InChI is InChI=1S/C28H31FN2O3/c29-24-11-5-7-20(15-24)18-33-17-19-6-4-10-23(14-19)27(22-8-2-1-3-9-22)30-28(32)25-16-26(34-31-25)21-12-13-21/h4-7,10-11,14-16,21-22,27H,1-3,8-9,12-13,17-18H2,(H,30,32). The Kier molecular flexibility index (Phi) is 7.05. The zero-order valence-corrected chi connectivity index (χ0v) is 19.3. The molecule has 2 fully saturated rings. The lowest BCUT2D eigenvalue weighted by Gasteiger charge is -2.31. The summed E-state index contributed by atoms with van der Waals surface area (Å²) in [7, 11) is 0. The van der Waals surface area contributed by atoms with Crippen LogP contribution >= 0.6 is 0 Å². The first-order valence-electron chi connectivity index (χ1n) is 12.3. The number of rotatable bonds is 9. The van der Waals surface area contributed by atoms with Crippen molar-refractivity contribution in [1.82, 2.24) is 10.5 Å². The molecule has 34 heavy (non-hydrogen) atoms. The van der Waals surface area contributed by atoms with E-state index in [4.69, 9.17) is 9.26 Å². The second-order valence-electron chi connectivity index (χ2n) is 9.61. The fourth-order valence-corrected chi connectivity index (χ4v) is 4.90. The summed E-state index contributed by atoms with van der Waals surface area (Å²) in [5.74, 6) is 1.18. The molecule has 2 saturated carbocycles. The summed E-state index contributed by atoms with van der Waals surface area (Å²) in [5, 5.41) is 7.29. The van der Waals surface area contributed by atoms with Crippen molar-refractivity contribution in [1.29, 1.82) is 0 Å². The summed E-state index contributed by atoms with van der Waals surface area (Å²) in [5.41, 5.74) is 3.28. The van der Waals surface area contributed by atoms with Gasteiger partial charge in [0.2, 0.25) is 0 Å². The summed E-state index contributed by atoms with van der Waals surface area (Å²) < 4.78 is 24.7. The number of hydrogen-bond acceptors (Lipinski definition) is 4. The van der Waals surface area contributed by atoms with Crippen LogP contribution in [0.25, 0.3) is 0 Å². The van der Waals surface area contributed by atoms with Crippen LogP contribution < -0.4 is 5.32 Å². The van der Waals surface area contributed by atoms with Crippen LogP contribution in [0, 0.1) is 11.7 Å². The van der Waals surface area contributed by atoms with E-state index in [-0.39, 0.29) is 17.8 Å². The lowest BCUT2D eigenvalue weighted by atomic mass is 9.80. The van der Waals surface area contributed by atoms with Gasteiger partial charge in [0.1, 0.15) is 11.6 Å². The van der Waals surface area contributed by atoms with Gasteiger partial charge in [-0.05, 0) is 60.4 Å². The number of hydrogen-bond donors (Lipinski definition) is 1. The quantitative estimate of drug-likeness (QED) is 0.396. The third-order valence-corrected chi connectivity index (χ3v) is 6.89. The summed E-state index contributed by atoms with van der Waals surface area (Å²) in [6.07, 6.45) is 8.02. The van der Waals surface area contributed by atoms with Crippen molar-refractivity contribution in [2.75, 3.05) is 0 Å². The minimum atomic E-state index is -0.259. The van der Waals surface area contributed by atoms with E-state index in [1.807, 2.05) is 18.2 Å². The second kappa shape index (κ2) is 10.5. The monoisotopic (exact) mass is 462 g/mol. The van der Waals surface area contributed by atoms with Gasteiger partial charge >= 0.3 is 0 Å². The van der Waals surface area contributed by atoms with Crippen LogP contribution in [0.5, 0.6) is 0 Å². The zero-order chi connectivity index (χ0) is 23.3. The maximum absolute atomic E-state index is 13.4. The molecule has 1 N–H and O–H groups in total.